The Bertz CT molecular complexity index is 339. The number of halogens is 2. The normalized spacial score (nSPS) is 13.1. The molecule has 0 aliphatic rings. The Labute approximate surface area is 102 Å². The molecule has 2 N–H and O–H groups in total. The van der Waals surface area contributed by atoms with E-state index in [-0.39, 0.29) is 16.9 Å². The number of hydrogen-bond donors (Lipinski definition) is 1. The summed E-state index contributed by atoms with van der Waals surface area (Å²) in [5.74, 6) is 0.289. The van der Waals surface area contributed by atoms with Gasteiger partial charge in [0.2, 0.25) is 0 Å². The maximum absolute atomic E-state index is 13.6. The van der Waals surface area contributed by atoms with Crippen molar-refractivity contribution in [1.29, 1.82) is 0 Å². The molecule has 0 aliphatic carbocycles. The lowest BCUT2D eigenvalue weighted by atomic mass is 9.98. The highest BCUT2D eigenvalue weighted by Gasteiger charge is 2.13. The van der Waals surface area contributed by atoms with Crippen LogP contribution in [0.25, 0.3) is 0 Å². The van der Waals surface area contributed by atoms with Gasteiger partial charge in [-0.25, -0.2) is 4.39 Å². The molecule has 90 valence electrons. The summed E-state index contributed by atoms with van der Waals surface area (Å²) in [5.41, 5.74) is 6.48. The van der Waals surface area contributed by atoms with Crippen LogP contribution >= 0.6 is 11.6 Å². The zero-order chi connectivity index (χ0) is 12.1. The summed E-state index contributed by atoms with van der Waals surface area (Å²) in [6.07, 6.45) is 2.94. The highest BCUT2D eigenvalue weighted by molar-refractivity contribution is 6.30. The van der Waals surface area contributed by atoms with Crippen LogP contribution in [0.15, 0.2) is 18.2 Å². The van der Waals surface area contributed by atoms with E-state index in [2.05, 4.69) is 13.8 Å². The van der Waals surface area contributed by atoms with Crippen LogP contribution in [0.1, 0.15) is 44.7 Å². The van der Waals surface area contributed by atoms with E-state index in [1.165, 1.54) is 0 Å². The van der Waals surface area contributed by atoms with Gasteiger partial charge < -0.3 is 5.73 Å². The Balaban J connectivity index is 2.59. The van der Waals surface area contributed by atoms with Gasteiger partial charge in [0.1, 0.15) is 5.82 Å². The third-order valence-corrected chi connectivity index (χ3v) is 2.97. The lowest BCUT2D eigenvalue weighted by Gasteiger charge is -2.14. The molecule has 0 spiro atoms. The first-order valence-corrected chi connectivity index (χ1v) is 6.09. The van der Waals surface area contributed by atoms with Gasteiger partial charge in [-0.05, 0) is 18.4 Å². The van der Waals surface area contributed by atoms with Crippen LogP contribution in [-0.4, -0.2) is 0 Å². The summed E-state index contributed by atoms with van der Waals surface area (Å²) in [6, 6.07) is 4.74. The predicted molar refractivity (Wildman–Crippen MR) is 67.0 cm³/mol. The van der Waals surface area contributed by atoms with Gasteiger partial charge in [0.15, 0.2) is 0 Å². The van der Waals surface area contributed by atoms with Crippen LogP contribution in [0.2, 0.25) is 5.02 Å². The Morgan fingerprint density at radius 3 is 2.62 bits per heavy atom. The minimum Gasteiger partial charge on any atom is -0.324 e. The number of hydrogen-bond acceptors (Lipinski definition) is 1. The zero-order valence-electron chi connectivity index (χ0n) is 9.84. The second-order valence-corrected chi connectivity index (χ2v) is 4.98. The minimum absolute atomic E-state index is 0.150. The Kier molecular flexibility index (Phi) is 5.23. The van der Waals surface area contributed by atoms with E-state index in [1.807, 2.05) is 0 Å². The highest BCUT2D eigenvalue weighted by atomic mass is 35.5. The van der Waals surface area contributed by atoms with Crippen LogP contribution in [0.3, 0.4) is 0 Å². The summed E-state index contributed by atoms with van der Waals surface area (Å²) < 4.78 is 13.6. The van der Waals surface area contributed by atoms with Crippen molar-refractivity contribution in [2.75, 3.05) is 0 Å². The van der Waals surface area contributed by atoms with Crippen molar-refractivity contribution in [3.63, 3.8) is 0 Å². The van der Waals surface area contributed by atoms with Crippen molar-refractivity contribution in [2.45, 2.75) is 39.2 Å². The summed E-state index contributed by atoms with van der Waals surface area (Å²) >= 11 is 5.71. The van der Waals surface area contributed by atoms with E-state index in [4.69, 9.17) is 17.3 Å². The van der Waals surface area contributed by atoms with Crippen molar-refractivity contribution in [2.24, 2.45) is 11.7 Å². The van der Waals surface area contributed by atoms with E-state index in [1.54, 1.807) is 18.2 Å². The SMILES string of the molecule is CC(C)CCCC(N)c1cccc(Cl)c1F. The standard InChI is InChI=1S/C13H19ClFN/c1-9(2)5-3-8-12(16)10-6-4-7-11(14)13(10)15/h4,6-7,9,12H,3,5,8,16H2,1-2H3. The van der Waals surface area contributed by atoms with E-state index < -0.39 is 0 Å². The molecule has 0 saturated heterocycles. The van der Waals surface area contributed by atoms with Crippen LogP contribution in [0, 0.1) is 11.7 Å². The van der Waals surface area contributed by atoms with Gasteiger partial charge in [0, 0.05) is 11.6 Å². The molecular formula is C13H19ClFN. The molecule has 0 radical (unpaired) electrons. The average molecular weight is 244 g/mol. The largest absolute Gasteiger partial charge is 0.324 e. The molecular weight excluding hydrogens is 225 g/mol. The first-order valence-electron chi connectivity index (χ1n) is 5.72. The molecule has 1 nitrogen and oxygen atoms in total. The van der Waals surface area contributed by atoms with Crippen LogP contribution in [0.5, 0.6) is 0 Å². The van der Waals surface area contributed by atoms with Gasteiger partial charge in [-0.2, -0.15) is 0 Å². The fourth-order valence-corrected chi connectivity index (χ4v) is 1.89. The molecule has 16 heavy (non-hydrogen) atoms. The number of benzene rings is 1. The average Bonchev–Trinajstić information content (AvgIpc) is 2.21. The molecule has 0 aliphatic heterocycles. The second-order valence-electron chi connectivity index (χ2n) is 4.57. The molecule has 0 aromatic heterocycles. The van der Waals surface area contributed by atoms with Crippen molar-refractivity contribution >= 4 is 11.6 Å². The molecule has 0 amide bonds. The maximum atomic E-state index is 13.6. The monoisotopic (exact) mass is 243 g/mol. The fraction of sp³-hybridized carbons (Fsp3) is 0.538. The molecule has 1 rings (SSSR count). The van der Waals surface area contributed by atoms with Crippen molar-refractivity contribution in [3.05, 3.63) is 34.6 Å². The molecule has 3 heteroatoms. The van der Waals surface area contributed by atoms with Crippen molar-refractivity contribution in [1.82, 2.24) is 0 Å². The molecule has 1 aromatic carbocycles. The van der Waals surface area contributed by atoms with E-state index in [9.17, 15) is 4.39 Å². The molecule has 1 aromatic rings. The summed E-state index contributed by atoms with van der Waals surface area (Å²) in [7, 11) is 0. The van der Waals surface area contributed by atoms with Gasteiger partial charge in [-0.3, -0.25) is 0 Å². The van der Waals surface area contributed by atoms with Gasteiger partial charge in [0.25, 0.3) is 0 Å². The summed E-state index contributed by atoms with van der Waals surface area (Å²) in [6.45, 7) is 4.34. The van der Waals surface area contributed by atoms with Gasteiger partial charge in [0.05, 0.1) is 5.02 Å². The van der Waals surface area contributed by atoms with Gasteiger partial charge >= 0.3 is 0 Å². The predicted octanol–water partition coefficient (Wildman–Crippen LogP) is 4.31. The number of rotatable bonds is 5. The first kappa shape index (κ1) is 13.5. The van der Waals surface area contributed by atoms with E-state index >= 15 is 0 Å². The van der Waals surface area contributed by atoms with E-state index in [0.29, 0.717) is 11.5 Å². The highest BCUT2D eigenvalue weighted by Crippen LogP contribution is 2.25. The summed E-state index contributed by atoms with van der Waals surface area (Å²) in [4.78, 5) is 0. The minimum atomic E-state index is -0.374. The molecule has 0 bridgehead atoms. The molecule has 0 fully saturated rings. The van der Waals surface area contributed by atoms with Crippen molar-refractivity contribution < 1.29 is 4.39 Å². The molecule has 1 atom stereocenters. The lowest BCUT2D eigenvalue weighted by molar-refractivity contribution is 0.493. The molecule has 0 saturated carbocycles. The van der Waals surface area contributed by atoms with Gasteiger partial charge in [-0.1, -0.05) is 50.4 Å². The van der Waals surface area contributed by atoms with Crippen molar-refractivity contribution in [3.8, 4) is 0 Å². The van der Waals surface area contributed by atoms with Crippen LogP contribution in [0.4, 0.5) is 4.39 Å². The third kappa shape index (κ3) is 3.76. The smallest absolute Gasteiger partial charge is 0.146 e. The first-order chi connectivity index (χ1) is 7.52. The Hall–Kier alpha value is -0.600. The second kappa shape index (κ2) is 6.21. The van der Waals surface area contributed by atoms with Gasteiger partial charge in [-0.15, -0.1) is 0 Å². The lowest BCUT2D eigenvalue weighted by Crippen LogP contribution is -2.12. The zero-order valence-corrected chi connectivity index (χ0v) is 10.6. The quantitative estimate of drug-likeness (QED) is 0.820. The molecule has 0 heterocycles. The van der Waals surface area contributed by atoms with E-state index in [0.717, 1.165) is 19.3 Å². The number of nitrogens with two attached hydrogens (primary N) is 1. The van der Waals surface area contributed by atoms with Crippen LogP contribution in [-0.2, 0) is 0 Å². The third-order valence-electron chi connectivity index (χ3n) is 2.68. The fourth-order valence-electron chi connectivity index (χ4n) is 1.71. The maximum Gasteiger partial charge on any atom is 0.146 e. The topological polar surface area (TPSA) is 26.0 Å². The Morgan fingerprint density at radius 2 is 2.00 bits per heavy atom. The molecule has 1 unspecified atom stereocenters. The van der Waals surface area contributed by atoms with Crippen LogP contribution < -0.4 is 5.73 Å². The summed E-state index contributed by atoms with van der Waals surface area (Å²) in [5, 5.41) is 0.150. The Morgan fingerprint density at radius 1 is 1.31 bits per heavy atom.